The number of ether oxygens (including phenoxy) is 2. The Kier molecular flexibility index (Phi) is 6.72. The van der Waals surface area contributed by atoms with Gasteiger partial charge in [0.2, 0.25) is 0 Å². The smallest absolute Gasteiger partial charge is 0.417 e. The number of benzene rings is 2. The van der Waals surface area contributed by atoms with Crippen molar-refractivity contribution in [1.29, 1.82) is 0 Å². The van der Waals surface area contributed by atoms with Crippen LogP contribution in [0.2, 0.25) is 0 Å². The van der Waals surface area contributed by atoms with Crippen LogP contribution in [0, 0.1) is 0 Å². The molecule has 0 unspecified atom stereocenters. The van der Waals surface area contributed by atoms with Crippen LogP contribution < -0.4 is 15.2 Å². The first kappa shape index (κ1) is 19.1. The summed E-state index contributed by atoms with van der Waals surface area (Å²) in [4.78, 5) is 0. The first-order chi connectivity index (χ1) is 10.5. The lowest BCUT2D eigenvalue weighted by Gasteiger charge is -2.15. The molecular weight excluding hydrogens is 331 g/mol. The molecule has 2 aromatic carbocycles. The third kappa shape index (κ3) is 4.77. The quantitative estimate of drug-likeness (QED) is 0.884. The molecule has 2 N–H and O–H groups in total. The Labute approximate surface area is 138 Å². The van der Waals surface area contributed by atoms with E-state index in [1.807, 2.05) is 0 Å². The molecule has 0 atom stereocenters. The summed E-state index contributed by atoms with van der Waals surface area (Å²) in [5.41, 5.74) is 5.10. The van der Waals surface area contributed by atoms with Crippen LogP contribution >= 0.6 is 12.4 Å². The normalized spacial score (nSPS) is 10.8. The van der Waals surface area contributed by atoms with Crippen molar-refractivity contribution >= 4 is 12.4 Å². The lowest BCUT2D eigenvalue weighted by Crippen LogP contribution is -2.12. The summed E-state index contributed by atoms with van der Waals surface area (Å²) in [5, 5.41) is 0. The summed E-state index contributed by atoms with van der Waals surface area (Å²) < 4.78 is 50.0. The second-order valence-corrected chi connectivity index (χ2v) is 4.57. The fraction of sp³-hybridized carbons (Fsp3) is 0.250. The fourth-order valence-electron chi connectivity index (χ4n) is 2.05. The standard InChI is InChI=1S/C16H16F3NO2.ClH/c1-21-12-4-2-11(3-5-12)14-7-6-13(22-9-8-20)10-15(14)16(17,18)19;/h2-7,10H,8-9,20H2,1H3;1H. The molecule has 0 aliphatic rings. The van der Waals surface area contributed by atoms with E-state index in [0.29, 0.717) is 11.3 Å². The number of nitrogens with two attached hydrogens (primary N) is 1. The Balaban J connectivity index is 0.00000264. The average Bonchev–Trinajstić information content (AvgIpc) is 2.52. The summed E-state index contributed by atoms with van der Waals surface area (Å²) in [6.07, 6.45) is -4.47. The van der Waals surface area contributed by atoms with Gasteiger partial charge in [-0.05, 0) is 35.4 Å². The van der Waals surface area contributed by atoms with E-state index in [0.717, 1.165) is 6.07 Å². The first-order valence-corrected chi connectivity index (χ1v) is 6.64. The predicted molar refractivity (Wildman–Crippen MR) is 85.2 cm³/mol. The van der Waals surface area contributed by atoms with Gasteiger partial charge in [-0.3, -0.25) is 0 Å². The molecular formula is C16H17ClF3NO2. The minimum absolute atomic E-state index is 0. The van der Waals surface area contributed by atoms with Gasteiger partial charge in [0.1, 0.15) is 18.1 Å². The highest BCUT2D eigenvalue weighted by Gasteiger charge is 2.34. The van der Waals surface area contributed by atoms with Crippen molar-refractivity contribution in [3.05, 3.63) is 48.0 Å². The van der Waals surface area contributed by atoms with E-state index in [-0.39, 0.29) is 36.9 Å². The lowest BCUT2D eigenvalue weighted by molar-refractivity contribution is -0.137. The van der Waals surface area contributed by atoms with Crippen molar-refractivity contribution in [2.75, 3.05) is 20.3 Å². The van der Waals surface area contributed by atoms with Gasteiger partial charge in [-0.25, -0.2) is 0 Å². The molecule has 0 bridgehead atoms. The van der Waals surface area contributed by atoms with Crippen LogP contribution in [-0.2, 0) is 6.18 Å². The molecule has 0 heterocycles. The summed E-state index contributed by atoms with van der Waals surface area (Å²) in [5.74, 6) is 0.732. The molecule has 3 nitrogen and oxygen atoms in total. The maximum Gasteiger partial charge on any atom is 0.417 e. The Hall–Kier alpha value is -1.92. The van der Waals surface area contributed by atoms with Crippen LogP contribution in [0.25, 0.3) is 11.1 Å². The summed E-state index contributed by atoms with van der Waals surface area (Å²) in [6, 6.07) is 10.3. The highest BCUT2D eigenvalue weighted by Crippen LogP contribution is 2.39. The van der Waals surface area contributed by atoms with Gasteiger partial charge in [0.05, 0.1) is 12.7 Å². The first-order valence-electron chi connectivity index (χ1n) is 6.64. The number of alkyl halides is 3. The Morgan fingerprint density at radius 1 is 1.00 bits per heavy atom. The zero-order chi connectivity index (χ0) is 16.2. The molecule has 0 aromatic heterocycles. The predicted octanol–water partition coefficient (Wildman–Crippen LogP) is 4.14. The van der Waals surface area contributed by atoms with Crippen molar-refractivity contribution < 1.29 is 22.6 Å². The molecule has 0 amide bonds. The SMILES string of the molecule is COc1ccc(-c2ccc(OCCN)cc2C(F)(F)F)cc1.Cl. The van der Waals surface area contributed by atoms with E-state index >= 15 is 0 Å². The second kappa shape index (κ2) is 8.08. The van der Waals surface area contributed by atoms with Gasteiger partial charge in [-0.15, -0.1) is 12.4 Å². The number of halogens is 4. The third-order valence-electron chi connectivity index (χ3n) is 3.08. The van der Waals surface area contributed by atoms with E-state index in [1.54, 1.807) is 24.3 Å². The number of hydrogen-bond acceptors (Lipinski definition) is 3. The zero-order valence-electron chi connectivity index (χ0n) is 12.4. The van der Waals surface area contributed by atoms with Gasteiger partial charge in [0, 0.05) is 6.54 Å². The zero-order valence-corrected chi connectivity index (χ0v) is 13.2. The van der Waals surface area contributed by atoms with Crippen LogP contribution in [0.5, 0.6) is 11.5 Å². The lowest BCUT2D eigenvalue weighted by atomic mass is 9.99. The van der Waals surface area contributed by atoms with Crippen molar-refractivity contribution in [2.24, 2.45) is 5.73 Å². The molecule has 0 fully saturated rings. The van der Waals surface area contributed by atoms with Gasteiger partial charge in [-0.2, -0.15) is 13.2 Å². The van der Waals surface area contributed by atoms with E-state index < -0.39 is 11.7 Å². The van der Waals surface area contributed by atoms with Gasteiger partial charge in [-0.1, -0.05) is 18.2 Å². The van der Waals surface area contributed by atoms with Gasteiger partial charge >= 0.3 is 6.18 Å². The van der Waals surface area contributed by atoms with Crippen LogP contribution in [-0.4, -0.2) is 20.3 Å². The highest BCUT2D eigenvalue weighted by atomic mass is 35.5. The van der Waals surface area contributed by atoms with Crippen LogP contribution in [0.15, 0.2) is 42.5 Å². The Bertz CT molecular complexity index is 630. The Morgan fingerprint density at radius 2 is 1.61 bits per heavy atom. The third-order valence-corrected chi connectivity index (χ3v) is 3.08. The molecule has 7 heteroatoms. The monoisotopic (exact) mass is 347 g/mol. The van der Waals surface area contributed by atoms with E-state index in [2.05, 4.69) is 0 Å². The van der Waals surface area contributed by atoms with E-state index in [9.17, 15) is 13.2 Å². The van der Waals surface area contributed by atoms with E-state index in [1.165, 1.54) is 19.2 Å². The fourth-order valence-corrected chi connectivity index (χ4v) is 2.05. The molecule has 0 aliphatic carbocycles. The molecule has 0 spiro atoms. The highest BCUT2D eigenvalue weighted by molar-refractivity contribution is 5.85. The summed E-state index contributed by atoms with van der Waals surface area (Å²) in [6.45, 7) is 0.404. The largest absolute Gasteiger partial charge is 0.497 e. The molecule has 126 valence electrons. The molecule has 23 heavy (non-hydrogen) atoms. The van der Waals surface area contributed by atoms with Crippen LogP contribution in [0.4, 0.5) is 13.2 Å². The van der Waals surface area contributed by atoms with Crippen molar-refractivity contribution in [2.45, 2.75) is 6.18 Å². The molecule has 2 rings (SSSR count). The van der Waals surface area contributed by atoms with Crippen molar-refractivity contribution in [1.82, 2.24) is 0 Å². The summed E-state index contributed by atoms with van der Waals surface area (Å²) in [7, 11) is 1.50. The Morgan fingerprint density at radius 3 is 2.13 bits per heavy atom. The van der Waals surface area contributed by atoms with Crippen LogP contribution in [0.1, 0.15) is 5.56 Å². The minimum Gasteiger partial charge on any atom is -0.497 e. The molecule has 0 aliphatic heterocycles. The minimum atomic E-state index is -4.47. The maximum atomic E-state index is 13.3. The second-order valence-electron chi connectivity index (χ2n) is 4.57. The summed E-state index contributed by atoms with van der Waals surface area (Å²) >= 11 is 0. The molecule has 0 radical (unpaired) electrons. The number of hydrogen-bond donors (Lipinski definition) is 1. The molecule has 0 saturated carbocycles. The van der Waals surface area contributed by atoms with Crippen molar-refractivity contribution in [3.8, 4) is 22.6 Å². The molecule has 2 aromatic rings. The number of rotatable bonds is 5. The maximum absolute atomic E-state index is 13.3. The average molecular weight is 348 g/mol. The van der Waals surface area contributed by atoms with Gasteiger partial charge in [0.15, 0.2) is 0 Å². The molecule has 0 saturated heterocycles. The van der Waals surface area contributed by atoms with Crippen molar-refractivity contribution in [3.63, 3.8) is 0 Å². The topological polar surface area (TPSA) is 44.5 Å². The van der Waals surface area contributed by atoms with Gasteiger partial charge < -0.3 is 15.2 Å². The van der Waals surface area contributed by atoms with Gasteiger partial charge in [0.25, 0.3) is 0 Å². The van der Waals surface area contributed by atoms with Crippen LogP contribution in [0.3, 0.4) is 0 Å². The van der Waals surface area contributed by atoms with E-state index in [4.69, 9.17) is 15.2 Å². The number of methoxy groups -OCH3 is 1.